The molecule has 0 aliphatic carbocycles. The lowest BCUT2D eigenvalue weighted by molar-refractivity contribution is -0.385. The van der Waals surface area contributed by atoms with Crippen LogP contribution < -0.4 is 5.32 Å². The van der Waals surface area contributed by atoms with E-state index in [9.17, 15) is 10.1 Å². The predicted octanol–water partition coefficient (Wildman–Crippen LogP) is 1.22. The summed E-state index contributed by atoms with van der Waals surface area (Å²) < 4.78 is 2.21. The number of halogens is 1. The van der Waals surface area contributed by atoms with Gasteiger partial charge in [-0.25, -0.2) is 9.67 Å². The van der Waals surface area contributed by atoms with Crippen LogP contribution in [0.3, 0.4) is 0 Å². The number of nitro groups is 1. The molecule has 88 valence electrons. The molecule has 2 heterocycles. The van der Waals surface area contributed by atoms with E-state index in [1.54, 1.807) is 19.4 Å². The highest BCUT2D eigenvalue weighted by molar-refractivity contribution is 14.1. The third kappa shape index (κ3) is 2.33. The summed E-state index contributed by atoms with van der Waals surface area (Å²) in [5.41, 5.74) is -0.191. The van der Waals surface area contributed by atoms with E-state index in [-0.39, 0.29) is 11.5 Å². The molecule has 9 heteroatoms. The fourth-order valence-electron chi connectivity index (χ4n) is 1.20. The Balaban J connectivity index is 2.60. The largest absolute Gasteiger partial charge is 0.357 e. The summed E-state index contributed by atoms with van der Waals surface area (Å²) in [5.74, 6) is 0.438. The van der Waals surface area contributed by atoms with Crippen LogP contribution in [0.4, 0.5) is 11.6 Å². The molecule has 1 N–H and O–H groups in total. The second-order valence-electron chi connectivity index (χ2n) is 3.01. The van der Waals surface area contributed by atoms with Gasteiger partial charge in [-0.3, -0.25) is 10.1 Å². The van der Waals surface area contributed by atoms with Crippen molar-refractivity contribution in [1.82, 2.24) is 19.7 Å². The maximum atomic E-state index is 10.9. The van der Waals surface area contributed by atoms with Gasteiger partial charge in [-0.15, -0.1) is 0 Å². The molecule has 0 unspecified atom stereocenters. The van der Waals surface area contributed by atoms with Gasteiger partial charge in [0, 0.05) is 13.2 Å². The summed E-state index contributed by atoms with van der Waals surface area (Å²) in [6.45, 7) is 0. The summed E-state index contributed by atoms with van der Waals surface area (Å²) >= 11 is 2.06. The Morgan fingerprint density at radius 1 is 1.53 bits per heavy atom. The Bertz CT molecular complexity index is 569. The Labute approximate surface area is 109 Å². The van der Waals surface area contributed by atoms with Crippen molar-refractivity contribution in [2.24, 2.45) is 0 Å². The lowest BCUT2D eigenvalue weighted by atomic mass is 10.5. The van der Waals surface area contributed by atoms with E-state index < -0.39 is 4.92 Å². The Kier molecular flexibility index (Phi) is 3.17. The molecule has 0 spiro atoms. The van der Waals surface area contributed by atoms with Crippen LogP contribution in [0.2, 0.25) is 0 Å². The standard InChI is InChI=1S/C8H7IN6O2/c1-10-8-11-3-6(15(16)17)7(13-8)14-4-5(9)2-12-14/h2-4H,1H3,(H,10,11,13). The van der Waals surface area contributed by atoms with Gasteiger partial charge >= 0.3 is 5.69 Å². The first-order valence-electron chi connectivity index (χ1n) is 4.51. The molecule has 2 aromatic rings. The first-order valence-corrected chi connectivity index (χ1v) is 5.59. The van der Waals surface area contributed by atoms with Crippen LogP contribution in [0.25, 0.3) is 5.82 Å². The van der Waals surface area contributed by atoms with Crippen LogP contribution in [0.1, 0.15) is 0 Å². The maximum Gasteiger partial charge on any atom is 0.332 e. The van der Waals surface area contributed by atoms with Gasteiger partial charge in [0.1, 0.15) is 6.20 Å². The van der Waals surface area contributed by atoms with Gasteiger partial charge in [0.15, 0.2) is 0 Å². The third-order valence-electron chi connectivity index (χ3n) is 1.94. The van der Waals surface area contributed by atoms with Crippen molar-refractivity contribution in [3.63, 3.8) is 0 Å². The van der Waals surface area contributed by atoms with E-state index >= 15 is 0 Å². The highest BCUT2D eigenvalue weighted by atomic mass is 127. The van der Waals surface area contributed by atoms with E-state index in [2.05, 4.69) is 43.0 Å². The average molecular weight is 346 g/mol. The minimum atomic E-state index is -0.538. The second-order valence-corrected chi connectivity index (χ2v) is 4.26. The zero-order valence-corrected chi connectivity index (χ0v) is 10.8. The molecule has 0 radical (unpaired) electrons. The smallest absolute Gasteiger partial charge is 0.332 e. The number of nitrogens with one attached hydrogen (secondary N) is 1. The lowest BCUT2D eigenvalue weighted by Crippen LogP contribution is -2.07. The molecule has 2 rings (SSSR count). The van der Waals surface area contributed by atoms with Gasteiger partial charge in [-0.2, -0.15) is 10.1 Å². The van der Waals surface area contributed by atoms with Gasteiger partial charge in [0.2, 0.25) is 11.8 Å². The summed E-state index contributed by atoms with van der Waals surface area (Å²) in [6.07, 6.45) is 4.39. The second kappa shape index (κ2) is 4.61. The number of hydrogen-bond donors (Lipinski definition) is 1. The van der Waals surface area contributed by atoms with Crippen molar-refractivity contribution < 1.29 is 4.92 Å². The molecule has 0 aliphatic rings. The van der Waals surface area contributed by atoms with Crippen molar-refractivity contribution in [1.29, 1.82) is 0 Å². The van der Waals surface area contributed by atoms with Crippen molar-refractivity contribution in [3.8, 4) is 5.82 Å². The normalized spacial score (nSPS) is 10.2. The number of rotatable bonds is 3. The molecule has 0 bridgehead atoms. The number of aromatic nitrogens is 4. The summed E-state index contributed by atoms with van der Waals surface area (Å²) in [4.78, 5) is 18.2. The Hall–Kier alpha value is -1.78. The molecule has 17 heavy (non-hydrogen) atoms. The van der Waals surface area contributed by atoms with Gasteiger partial charge in [0.05, 0.1) is 14.7 Å². The van der Waals surface area contributed by atoms with Crippen LogP contribution in [0.5, 0.6) is 0 Å². The minimum Gasteiger partial charge on any atom is -0.357 e. The van der Waals surface area contributed by atoms with E-state index in [0.29, 0.717) is 5.95 Å². The molecule has 0 amide bonds. The fraction of sp³-hybridized carbons (Fsp3) is 0.125. The first kappa shape index (κ1) is 11.7. The van der Waals surface area contributed by atoms with E-state index in [1.165, 1.54) is 4.68 Å². The van der Waals surface area contributed by atoms with Crippen LogP contribution in [0, 0.1) is 13.7 Å². The zero-order valence-electron chi connectivity index (χ0n) is 8.66. The summed E-state index contributed by atoms with van der Waals surface area (Å²) in [5, 5.41) is 17.6. The van der Waals surface area contributed by atoms with Crippen molar-refractivity contribution in [2.45, 2.75) is 0 Å². The Morgan fingerprint density at radius 3 is 2.82 bits per heavy atom. The molecular weight excluding hydrogens is 339 g/mol. The molecule has 0 atom stereocenters. The first-order chi connectivity index (χ1) is 8.11. The topological polar surface area (TPSA) is 98.8 Å². The molecule has 0 aromatic carbocycles. The molecule has 0 saturated carbocycles. The van der Waals surface area contributed by atoms with Crippen LogP contribution in [-0.2, 0) is 0 Å². The lowest BCUT2D eigenvalue weighted by Gasteiger charge is -2.03. The zero-order chi connectivity index (χ0) is 12.4. The minimum absolute atomic E-state index is 0.136. The average Bonchev–Trinajstić information content (AvgIpc) is 2.75. The van der Waals surface area contributed by atoms with E-state index in [0.717, 1.165) is 9.77 Å². The van der Waals surface area contributed by atoms with Gasteiger partial charge < -0.3 is 5.32 Å². The van der Waals surface area contributed by atoms with E-state index in [1.807, 2.05) is 0 Å². The number of anilines is 1. The highest BCUT2D eigenvalue weighted by Crippen LogP contribution is 2.20. The van der Waals surface area contributed by atoms with E-state index in [4.69, 9.17) is 0 Å². The molecule has 0 saturated heterocycles. The summed E-state index contributed by atoms with van der Waals surface area (Å²) in [7, 11) is 1.64. The van der Waals surface area contributed by atoms with Crippen molar-refractivity contribution in [3.05, 3.63) is 32.3 Å². The SMILES string of the molecule is CNc1ncc([N+](=O)[O-])c(-n2cc(I)cn2)n1. The highest BCUT2D eigenvalue weighted by Gasteiger charge is 2.19. The monoisotopic (exact) mass is 346 g/mol. The van der Waals surface area contributed by atoms with Crippen LogP contribution >= 0.6 is 22.6 Å². The van der Waals surface area contributed by atoms with Gasteiger partial charge in [-0.1, -0.05) is 0 Å². The number of nitrogens with zero attached hydrogens (tertiary/aromatic N) is 5. The predicted molar refractivity (Wildman–Crippen MR) is 68.1 cm³/mol. The van der Waals surface area contributed by atoms with Gasteiger partial charge in [0.25, 0.3) is 0 Å². The van der Waals surface area contributed by atoms with Crippen molar-refractivity contribution in [2.75, 3.05) is 12.4 Å². The molecule has 8 nitrogen and oxygen atoms in total. The third-order valence-corrected chi connectivity index (χ3v) is 2.50. The molecular formula is C8H7IN6O2. The van der Waals surface area contributed by atoms with Gasteiger partial charge in [-0.05, 0) is 22.6 Å². The molecule has 0 fully saturated rings. The maximum absolute atomic E-state index is 10.9. The summed E-state index contributed by atoms with van der Waals surface area (Å²) in [6, 6.07) is 0. The Morgan fingerprint density at radius 2 is 2.29 bits per heavy atom. The van der Waals surface area contributed by atoms with Crippen LogP contribution in [0.15, 0.2) is 18.6 Å². The quantitative estimate of drug-likeness (QED) is 0.510. The number of hydrogen-bond acceptors (Lipinski definition) is 6. The van der Waals surface area contributed by atoms with Crippen molar-refractivity contribution >= 4 is 34.2 Å². The molecule has 0 aliphatic heterocycles. The van der Waals surface area contributed by atoms with Crippen LogP contribution in [-0.4, -0.2) is 31.7 Å². The fourth-order valence-corrected chi connectivity index (χ4v) is 1.59. The molecule has 2 aromatic heterocycles.